The SMILES string of the molecule is N#CCCCC[C@H](NC(=O)c1ccc(F)cc1)C(N)=O. The number of nitrogens with zero attached hydrogens (tertiary/aromatic N) is 1. The summed E-state index contributed by atoms with van der Waals surface area (Å²) in [6.07, 6.45) is 2.04. The summed E-state index contributed by atoms with van der Waals surface area (Å²) in [5.74, 6) is -1.55. The molecule has 0 spiro atoms. The highest BCUT2D eigenvalue weighted by Crippen LogP contribution is 2.06. The van der Waals surface area contributed by atoms with Gasteiger partial charge in [0, 0.05) is 12.0 Å². The van der Waals surface area contributed by atoms with Gasteiger partial charge in [0.2, 0.25) is 5.91 Å². The third-order valence-electron chi connectivity index (χ3n) is 2.79. The first kappa shape index (κ1) is 15.6. The van der Waals surface area contributed by atoms with Gasteiger partial charge < -0.3 is 11.1 Å². The maximum absolute atomic E-state index is 12.7. The summed E-state index contributed by atoms with van der Waals surface area (Å²) in [4.78, 5) is 23.1. The maximum atomic E-state index is 12.7. The Labute approximate surface area is 116 Å². The molecule has 0 bridgehead atoms. The van der Waals surface area contributed by atoms with Crippen LogP contribution in [0.2, 0.25) is 0 Å². The van der Waals surface area contributed by atoms with E-state index in [1.54, 1.807) is 0 Å². The standard InChI is InChI=1S/C14H16FN3O2/c15-11-7-5-10(6-8-11)14(20)18-12(13(17)19)4-2-1-3-9-16/h5-8,12H,1-4H2,(H2,17,19)(H,18,20)/t12-/m0/s1. The van der Waals surface area contributed by atoms with E-state index in [4.69, 9.17) is 11.0 Å². The van der Waals surface area contributed by atoms with Crippen molar-refractivity contribution in [3.05, 3.63) is 35.6 Å². The Balaban J connectivity index is 2.57. The van der Waals surface area contributed by atoms with Crippen LogP contribution in [-0.4, -0.2) is 17.9 Å². The van der Waals surface area contributed by atoms with Crippen LogP contribution in [0.25, 0.3) is 0 Å². The third kappa shape index (κ3) is 5.06. The van der Waals surface area contributed by atoms with Crippen molar-refractivity contribution in [2.24, 2.45) is 5.73 Å². The number of unbranched alkanes of at least 4 members (excludes halogenated alkanes) is 2. The van der Waals surface area contributed by atoms with Crippen LogP contribution in [0.1, 0.15) is 36.0 Å². The van der Waals surface area contributed by atoms with Gasteiger partial charge in [0.1, 0.15) is 11.9 Å². The number of hydrogen-bond acceptors (Lipinski definition) is 3. The van der Waals surface area contributed by atoms with E-state index in [0.717, 1.165) is 0 Å². The van der Waals surface area contributed by atoms with Crippen molar-refractivity contribution in [1.29, 1.82) is 5.26 Å². The topological polar surface area (TPSA) is 96.0 Å². The van der Waals surface area contributed by atoms with E-state index in [-0.39, 0.29) is 5.56 Å². The molecule has 0 fully saturated rings. The van der Waals surface area contributed by atoms with E-state index in [0.29, 0.717) is 25.7 Å². The fourth-order valence-corrected chi connectivity index (χ4v) is 1.68. The van der Waals surface area contributed by atoms with Crippen molar-refractivity contribution >= 4 is 11.8 Å². The van der Waals surface area contributed by atoms with Crippen LogP contribution in [0, 0.1) is 17.1 Å². The first-order chi connectivity index (χ1) is 9.54. The molecule has 3 N–H and O–H groups in total. The Morgan fingerprint density at radius 1 is 1.30 bits per heavy atom. The van der Waals surface area contributed by atoms with Crippen molar-refractivity contribution in [3.63, 3.8) is 0 Å². The summed E-state index contributed by atoms with van der Waals surface area (Å²) < 4.78 is 12.7. The largest absolute Gasteiger partial charge is 0.368 e. The van der Waals surface area contributed by atoms with Gasteiger partial charge in [-0.1, -0.05) is 0 Å². The quantitative estimate of drug-likeness (QED) is 0.739. The normalized spacial score (nSPS) is 11.4. The molecule has 5 nitrogen and oxygen atoms in total. The molecule has 0 radical (unpaired) electrons. The Morgan fingerprint density at radius 3 is 2.50 bits per heavy atom. The zero-order valence-corrected chi connectivity index (χ0v) is 10.9. The van der Waals surface area contributed by atoms with Gasteiger partial charge in [0.05, 0.1) is 6.07 Å². The van der Waals surface area contributed by atoms with Gasteiger partial charge in [-0.15, -0.1) is 0 Å². The smallest absolute Gasteiger partial charge is 0.251 e. The molecule has 1 aromatic carbocycles. The van der Waals surface area contributed by atoms with Crippen molar-refractivity contribution in [2.45, 2.75) is 31.7 Å². The Kier molecular flexibility index (Phi) is 6.17. The number of amides is 2. The minimum atomic E-state index is -0.786. The summed E-state index contributed by atoms with van der Waals surface area (Å²) in [5.41, 5.74) is 5.48. The zero-order chi connectivity index (χ0) is 15.0. The maximum Gasteiger partial charge on any atom is 0.251 e. The van der Waals surface area contributed by atoms with Gasteiger partial charge in [0.15, 0.2) is 0 Å². The highest BCUT2D eigenvalue weighted by molar-refractivity contribution is 5.97. The predicted molar refractivity (Wildman–Crippen MR) is 70.9 cm³/mol. The van der Waals surface area contributed by atoms with Crippen molar-refractivity contribution in [1.82, 2.24) is 5.32 Å². The number of nitriles is 1. The molecule has 106 valence electrons. The van der Waals surface area contributed by atoms with Crippen LogP contribution in [0.15, 0.2) is 24.3 Å². The number of primary amides is 1. The summed E-state index contributed by atoms with van der Waals surface area (Å²) in [5, 5.41) is 10.9. The molecule has 0 heterocycles. The number of hydrogen-bond donors (Lipinski definition) is 2. The van der Waals surface area contributed by atoms with E-state index in [9.17, 15) is 14.0 Å². The molecule has 0 aliphatic heterocycles. The molecule has 0 saturated carbocycles. The minimum Gasteiger partial charge on any atom is -0.368 e. The van der Waals surface area contributed by atoms with E-state index >= 15 is 0 Å². The second kappa shape index (κ2) is 7.89. The predicted octanol–water partition coefficient (Wildman–Crippen LogP) is 1.49. The van der Waals surface area contributed by atoms with Gasteiger partial charge in [-0.2, -0.15) is 5.26 Å². The van der Waals surface area contributed by atoms with Crippen LogP contribution in [0.3, 0.4) is 0 Å². The number of nitrogens with one attached hydrogen (secondary N) is 1. The number of carbonyl (C=O) groups excluding carboxylic acids is 2. The van der Waals surface area contributed by atoms with Crippen molar-refractivity contribution in [3.8, 4) is 6.07 Å². The van der Waals surface area contributed by atoms with E-state index in [1.807, 2.05) is 6.07 Å². The average Bonchev–Trinajstić information content (AvgIpc) is 2.42. The summed E-state index contributed by atoms with van der Waals surface area (Å²) in [6.45, 7) is 0. The molecule has 0 saturated heterocycles. The molecule has 1 rings (SSSR count). The van der Waals surface area contributed by atoms with Crippen molar-refractivity contribution < 1.29 is 14.0 Å². The Morgan fingerprint density at radius 2 is 1.95 bits per heavy atom. The van der Waals surface area contributed by atoms with Crippen molar-refractivity contribution in [2.75, 3.05) is 0 Å². The Bertz CT molecular complexity index is 508. The first-order valence-corrected chi connectivity index (χ1v) is 6.27. The molecule has 20 heavy (non-hydrogen) atoms. The molecule has 0 aliphatic rings. The summed E-state index contributed by atoms with van der Waals surface area (Å²) in [6, 6.07) is 6.22. The fourth-order valence-electron chi connectivity index (χ4n) is 1.68. The van der Waals surface area contributed by atoms with Gasteiger partial charge in [-0.25, -0.2) is 4.39 Å². The number of halogens is 1. The van der Waals surface area contributed by atoms with E-state index in [1.165, 1.54) is 24.3 Å². The molecule has 1 atom stereocenters. The van der Waals surface area contributed by atoms with Gasteiger partial charge >= 0.3 is 0 Å². The van der Waals surface area contributed by atoms with Gasteiger partial charge in [-0.05, 0) is 43.5 Å². The molecule has 0 aliphatic carbocycles. The lowest BCUT2D eigenvalue weighted by Crippen LogP contribution is -2.44. The molecule has 0 unspecified atom stereocenters. The second-order valence-electron chi connectivity index (χ2n) is 4.34. The lowest BCUT2D eigenvalue weighted by Gasteiger charge is -2.15. The number of rotatable bonds is 7. The second-order valence-corrected chi connectivity index (χ2v) is 4.34. The van der Waals surface area contributed by atoms with E-state index < -0.39 is 23.7 Å². The lowest BCUT2D eigenvalue weighted by atomic mass is 10.1. The highest BCUT2D eigenvalue weighted by atomic mass is 19.1. The lowest BCUT2D eigenvalue weighted by molar-refractivity contribution is -0.120. The summed E-state index contributed by atoms with van der Waals surface area (Å²) >= 11 is 0. The molecule has 1 aromatic rings. The van der Waals surface area contributed by atoms with E-state index in [2.05, 4.69) is 5.32 Å². The van der Waals surface area contributed by atoms with Gasteiger partial charge in [0.25, 0.3) is 5.91 Å². The molecular weight excluding hydrogens is 261 g/mol. The monoisotopic (exact) mass is 277 g/mol. The molecule has 2 amide bonds. The van der Waals surface area contributed by atoms with Crippen LogP contribution in [0.5, 0.6) is 0 Å². The Hall–Kier alpha value is -2.42. The number of benzene rings is 1. The van der Waals surface area contributed by atoms with Crippen LogP contribution < -0.4 is 11.1 Å². The van der Waals surface area contributed by atoms with Crippen LogP contribution in [0.4, 0.5) is 4.39 Å². The van der Waals surface area contributed by atoms with Crippen LogP contribution >= 0.6 is 0 Å². The highest BCUT2D eigenvalue weighted by Gasteiger charge is 2.18. The molecule has 0 aromatic heterocycles. The minimum absolute atomic E-state index is 0.259. The fraction of sp³-hybridized carbons (Fsp3) is 0.357. The average molecular weight is 277 g/mol. The first-order valence-electron chi connectivity index (χ1n) is 6.27. The van der Waals surface area contributed by atoms with Gasteiger partial charge in [-0.3, -0.25) is 9.59 Å². The summed E-state index contributed by atoms with van der Waals surface area (Å²) in [7, 11) is 0. The zero-order valence-electron chi connectivity index (χ0n) is 10.9. The molecule has 6 heteroatoms. The number of nitrogens with two attached hydrogens (primary N) is 1. The third-order valence-corrected chi connectivity index (χ3v) is 2.79. The molecular formula is C14H16FN3O2. The van der Waals surface area contributed by atoms with Crippen LogP contribution in [-0.2, 0) is 4.79 Å². The number of carbonyl (C=O) groups is 2.